The first-order chi connectivity index (χ1) is 22.0. The Morgan fingerprint density at radius 3 is 2.76 bits per heavy atom. The predicted octanol–water partition coefficient (Wildman–Crippen LogP) is 5.21. The summed E-state index contributed by atoms with van der Waals surface area (Å²) in [5, 5.41) is 16.6. The van der Waals surface area contributed by atoms with Crippen LogP contribution in [0.25, 0.3) is 32.9 Å². The average Bonchev–Trinajstić information content (AvgIpc) is 3.72. The van der Waals surface area contributed by atoms with E-state index in [9.17, 15) is 5.11 Å². The highest BCUT2D eigenvalue weighted by atomic mass is 19.1. The van der Waals surface area contributed by atoms with E-state index in [1.165, 1.54) is 0 Å². The van der Waals surface area contributed by atoms with Gasteiger partial charge < -0.3 is 24.8 Å². The molecule has 0 radical (unpaired) electrons. The molecule has 0 amide bonds. The van der Waals surface area contributed by atoms with Crippen molar-refractivity contribution in [1.82, 2.24) is 25.2 Å². The monoisotopic (exact) mass is 612 g/mol. The first-order valence-corrected chi connectivity index (χ1v) is 16.5. The van der Waals surface area contributed by atoms with Crippen LogP contribution in [0.2, 0.25) is 0 Å². The summed E-state index contributed by atoms with van der Waals surface area (Å²) in [5.41, 5.74) is 1.91. The third kappa shape index (κ3) is 4.89. The Balaban J connectivity index is 1.23. The molecule has 9 nitrogen and oxygen atoms in total. The third-order valence-electron chi connectivity index (χ3n) is 10.7. The lowest BCUT2D eigenvalue weighted by Gasteiger charge is -2.35. The molecule has 236 valence electrons. The second kappa shape index (κ2) is 11.3. The quantitative estimate of drug-likeness (QED) is 0.278. The molecule has 0 spiro atoms. The number of benzene rings is 2. The van der Waals surface area contributed by atoms with Gasteiger partial charge in [-0.05, 0) is 80.0 Å². The number of aromatic nitrogens is 3. The Morgan fingerprint density at radius 2 is 1.96 bits per heavy atom. The highest BCUT2D eigenvalue weighted by molar-refractivity contribution is 6.01. The number of aryl methyl sites for hydroxylation is 1. The highest BCUT2D eigenvalue weighted by Gasteiger charge is 2.49. The molecule has 0 saturated carbocycles. The zero-order valence-corrected chi connectivity index (χ0v) is 26.1. The van der Waals surface area contributed by atoms with Crippen LogP contribution < -0.4 is 15.0 Å². The van der Waals surface area contributed by atoms with Crippen molar-refractivity contribution < 1.29 is 19.0 Å². The number of anilines is 1. The van der Waals surface area contributed by atoms with Gasteiger partial charge in [0.25, 0.3) is 0 Å². The van der Waals surface area contributed by atoms with Gasteiger partial charge in [-0.3, -0.25) is 9.88 Å². The molecule has 4 atom stereocenters. The summed E-state index contributed by atoms with van der Waals surface area (Å²) in [7, 11) is 1.76. The third-order valence-corrected chi connectivity index (χ3v) is 10.7. The van der Waals surface area contributed by atoms with E-state index in [1.54, 1.807) is 25.4 Å². The van der Waals surface area contributed by atoms with Gasteiger partial charge in [0, 0.05) is 50.1 Å². The van der Waals surface area contributed by atoms with Crippen molar-refractivity contribution in [3.63, 3.8) is 0 Å². The Bertz CT molecular complexity index is 1760. The SMILES string of the molecule is CCc1cccc2cc(O)cc(-c3ncc4c(N5CC6CCC(C5)N6)nc(OC[C@]56CCCN5[C@H](COC)CC6)nc4c3F)c12. The van der Waals surface area contributed by atoms with Crippen molar-refractivity contribution in [2.45, 2.75) is 75.5 Å². The minimum atomic E-state index is -0.529. The second-order valence-electron chi connectivity index (χ2n) is 13.4. The number of aromatic hydroxyl groups is 1. The maximum Gasteiger partial charge on any atom is 0.319 e. The van der Waals surface area contributed by atoms with Crippen LogP contribution in [0.1, 0.15) is 51.0 Å². The lowest BCUT2D eigenvalue weighted by atomic mass is 9.95. The molecule has 4 aliphatic heterocycles. The number of nitrogens with zero attached hydrogens (tertiary/aromatic N) is 5. The van der Waals surface area contributed by atoms with E-state index in [4.69, 9.17) is 24.4 Å². The van der Waals surface area contributed by atoms with Crippen LogP contribution in [0, 0.1) is 5.82 Å². The summed E-state index contributed by atoms with van der Waals surface area (Å²) in [5.74, 6) is 0.212. The summed E-state index contributed by atoms with van der Waals surface area (Å²) < 4.78 is 28.9. The van der Waals surface area contributed by atoms with Crippen molar-refractivity contribution in [1.29, 1.82) is 0 Å². The first-order valence-electron chi connectivity index (χ1n) is 16.5. The molecule has 2 aromatic carbocycles. The standard InChI is InChI=1S/C35H41FN6O3/c1-3-21-6-4-7-22-14-26(43)15-27(29(21)22)31-30(36)32-28(16-37-31)33(41-17-23-8-9-24(18-41)38-23)40-34(39-32)45-20-35-11-5-13-42(35)25(10-12-35)19-44-2/h4,6-7,14-16,23-25,38,43H,3,5,8-13,17-20H2,1-2H3/t23?,24?,25-,35+/m0/s1. The number of phenolic OH excluding ortho intramolecular Hbond substituents is 1. The fourth-order valence-corrected chi connectivity index (χ4v) is 8.64. The van der Waals surface area contributed by atoms with Gasteiger partial charge >= 0.3 is 6.01 Å². The lowest BCUT2D eigenvalue weighted by molar-refractivity contribution is 0.0521. The molecule has 2 unspecified atom stereocenters. The molecule has 2 N–H and O–H groups in total. The smallest absolute Gasteiger partial charge is 0.319 e. The number of nitrogens with one attached hydrogen (secondary N) is 1. The minimum absolute atomic E-state index is 0.0689. The molecule has 2 aromatic heterocycles. The molecule has 4 fully saturated rings. The Labute approximate surface area is 262 Å². The number of halogens is 1. The van der Waals surface area contributed by atoms with Crippen molar-refractivity contribution in [3.05, 3.63) is 47.9 Å². The minimum Gasteiger partial charge on any atom is -0.508 e. The maximum atomic E-state index is 16.9. The zero-order valence-electron chi connectivity index (χ0n) is 26.1. The molecular formula is C35H41FN6O3. The first kappa shape index (κ1) is 28.8. The second-order valence-corrected chi connectivity index (χ2v) is 13.4. The van der Waals surface area contributed by atoms with Crippen LogP contribution in [-0.2, 0) is 11.2 Å². The van der Waals surface area contributed by atoms with Crippen LogP contribution in [0.15, 0.2) is 36.5 Å². The Morgan fingerprint density at radius 1 is 1.11 bits per heavy atom. The zero-order chi connectivity index (χ0) is 30.7. The van der Waals surface area contributed by atoms with Crippen LogP contribution in [0.5, 0.6) is 11.8 Å². The molecule has 10 heteroatoms. The fraction of sp³-hybridized carbons (Fsp3) is 0.514. The number of methoxy groups -OCH3 is 1. The molecule has 4 saturated heterocycles. The van der Waals surface area contributed by atoms with E-state index in [-0.39, 0.29) is 28.5 Å². The van der Waals surface area contributed by atoms with Gasteiger partial charge in [-0.2, -0.15) is 9.97 Å². The molecule has 6 heterocycles. The van der Waals surface area contributed by atoms with Gasteiger partial charge in [0.1, 0.15) is 29.4 Å². The number of ether oxygens (including phenoxy) is 2. The van der Waals surface area contributed by atoms with Crippen LogP contribution in [0.3, 0.4) is 0 Å². The van der Waals surface area contributed by atoms with E-state index in [0.717, 1.165) is 80.9 Å². The van der Waals surface area contributed by atoms with E-state index < -0.39 is 5.82 Å². The number of phenols is 1. The normalized spacial score (nSPS) is 26.3. The van der Waals surface area contributed by atoms with Crippen molar-refractivity contribution in [2.24, 2.45) is 0 Å². The molecule has 4 aliphatic rings. The maximum absolute atomic E-state index is 16.9. The van der Waals surface area contributed by atoms with Crippen LogP contribution >= 0.6 is 0 Å². The molecular weight excluding hydrogens is 571 g/mol. The Kier molecular flexibility index (Phi) is 7.26. The number of pyridine rings is 1. The summed E-state index contributed by atoms with van der Waals surface area (Å²) in [6.07, 6.45) is 9.00. The van der Waals surface area contributed by atoms with Gasteiger partial charge in [0.15, 0.2) is 5.82 Å². The molecule has 0 aliphatic carbocycles. The summed E-state index contributed by atoms with van der Waals surface area (Å²) in [6, 6.07) is 10.6. The molecule has 8 rings (SSSR count). The predicted molar refractivity (Wildman–Crippen MR) is 172 cm³/mol. The average molecular weight is 613 g/mol. The summed E-state index contributed by atoms with van der Waals surface area (Å²) in [4.78, 5) is 19.2. The van der Waals surface area contributed by atoms with E-state index in [2.05, 4.69) is 22.0 Å². The van der Waals surface area contributed by atoms with Gasteiger partial charge in [-0.1, -0.05) is 25.1 Å². The van der Waals surface area contributed by atoms with Gasteiger partial charge in [0.05, 0.1) is 17.5 Å². The highest BCUT2D eigenvalue weighted by Crippen LogP contribution is 2.43. The number of rotatable bonds is 8. The number of hydrogen-bond donors (Lipinski definition) is 2. The summed E-state index contributed by atoms with van der Waals surface area (Å²) in [6.45, 7) is 5.87. The molecule has 4 aromatic rings. The van der Waals surface area contributed by atoms with Crippen LogP contribution in [-0.4, -0.2) is 88.6 Å². The number of piperazine rings is 1. The Hall–Kier alpha value is -3.60. The number of fused-ring (bicyclic) bond motifs is 5. The van der Waals surface area contributed by atoms with Crippen molar-refractivity contribution in [3.8, 4) is 23.0 Å². The van der Waals surface area contributed by atoms with Crippen molar-refractivity contribution >= 4 is 27.5 Å². The van der Waals surface area contributed by atoms with Crippen molar-refractivity contribution in [2.75, 3.05) is 44.9 Å². The van der Waals surface area contributed by atoms with Gasteiger partial charge in [-0.25, -0.2) is 4.39 Å². The molecule has 2 bridgehead atoms. The van der Waals surface area contributed by atoms with Crippen LogP contribution in [0.4, 0.5) is 10.2 Å². The number of hydrogen-bond acceptors (Lipinski definition) is 9. The largest absolute Gasteiger partial charge is 0.508 e. The molecule has 45 heavy (non-hydrogen) atoms. The lowest BCUT2D eigenvalue weighted by Crippen LogP contribution is -2.51. The topological polar surface area (TPSA) is 95.9 Å². The van der Waals surface area contributed by atoms with E-state index in [1.807, 2.05) is 18.2 Å². The van der Waals surface area contributed by atoms with E-state index in [0.29, 0.717) is 48.1 Å². The van der Waals surface area contributed by atoms with E-state index >= 15 is 4.39 Å². The fourth-order valence-electron chi connectivity index (χ4n) is 8.64. The van der Waals surface area contributed by atoms with Gasteiger partial charge in [-0.15, -0.1) is 0 Å². The van der Waals surface area contributed by atoms with Gasteiger partial charge in [0.2, 0.25) is 0 Å². The summed E-state index contributed by atoms with van der Waals surface area (Å²) >= 11 is 0.